The van der Waals surface area contributed by atoms with Gasteiger partial charge < -0.3 is 25.2 Å². The SMILES string of the molecule is C=CCC(C(=O)N[C@@H](CO)c1ccccc1)C(=O)N[C@@H](COC)[C@@H](OC(=O)[C@H](CC=C)Cc1ccccc1)c1ccccc1. The first-order chi connectivity index (χ1) is 21.4. The van der Waals surface area contributed by atoms with Crippen molar-refractivity contribution in [3.05, 3.63) is 133 Å². The van der Waals surface area contributed by atoms with E-state index in [9.17, 15) is 19.5 Å². The molecule has 0 spiro atoms. The third-order valence-electron chi connectivity index (χ3n) is 7.26. The second-order valence-electron chi connectivity index (χ2n) is 10.5. The van der Waals surface area contributed by atoms with E-state index < -0.39 is 47.8 Å². The van der Waals surface area contributed by atoms with E-state index in [0.29, 0.717) is 24.0 Å². The van der Waals surface area contributed by atoms with Crippen molar-refractivity contribution in [2.75, 3.05) is 20.3 Å². The van der Waals surface area contributed by atoms with Crippen molar-refractivity contribution in [3.63, 3.8) is 0 Å². The average Bonchev–Trinajstić information content (AvgIpc) is 3.05. The Morgan fingerprint density at radius 1 is 0.795 bits per heavy atom. The van der Waals surface area contributed by atoms with Crippen molar-refractivity contribution in [2.45, 2.75) is 37.5 Å². The molecule has 0 bridgehead atoms. The van der Waals surface area contributed by atoms with E-state index in [1.54, 1.807) is 30.3 Å². The number of hydrogen-bond donors (Lipinski definition) is 3. The smallest absolute Gasteiger partial charge is 0.310 e. The van der Waals surface area contributed by atoms with Gasteiger partial charge in [-0.2, -0.15) is 0 Å². The van der Waals surface area contributed by atoms with Gasteiger partial charge >= 0.3 is 5.97 Å². The molecule has 0 heterocycles. The highest BCUT2D eigenvalue weighted by atomic mass is 16.5. The number of esters is 1. The van der Waals surface area contributed by atoms with Crippen LogP contribution in [0.4, 0.5) is 0 Å². The summed E-state index contributed by atoms with van der Waals surface area (Å²) in [4.78, 5) is 40.7. The second kappa shape index (κ2) is 18.2. The van der Waals surface area contributed by atoms with Crippen molar-refractivity contribution in [3.8, 4) is 0 Å². The van der Waals surface area contributed by atoms with Crippen LogP contribution in [0.5, 0.6) is 0 Å². The van der Waals surface area contributed by atoms with Gasteiger partial charge in [0.2, 0.25) is 11.8 Å². The molecule has 3 N–H and O–H groups in total. The Bertz CT molecular complexity index is 1330. The molecule has 3 aromatic rings. The van der Waals surface area contributed by atoms with Crippen LogP contribution in [-0.4, -0.2) is 49.3 Å². The summed E-state index contributed by atoms with van der Waals surface area (Å²) in [6.07, 6.45) is 3.20. The van der Waals surface area contributed by atoms with Gasteiger partial charge in [0.15, 0.2) is 0 Å². The maximum absolute atomic E-state index is 13.7. The first-order valence-corrected chi connectivity index (χ1v) is 14.7. The standard InChI is InChI=1S/C36H42N2O6/c1-4-15-29(23-26-17-9-6-10-18-26)36(42)44-33(28-21-13-8-14-22-28)32(25-43-3)38-35(41)30(16-5-2)34(40)37-31(24-39)27-19-11-7-12-20-27/h4-14,17-22,29-33,39H,1-2,15-16,23-25H2,3H3,(H,37,40)(H,38,41)/t29-,30?,31+,32+,33+/m1/s1. The number of aliphatic hydroxyl groups excluding tert-OH is 1. The molecular weight excluding hydrogens is 556 g/mol. The van der Waals surface area contributed by atoms with Crippen LogP contribution in [0.1, 0.15) is 41.7 Å². The van der Waals surface area contributed by atoms with Crippen LogP contribution in [0.15, 0.2) is 116 Å². The molecule has 5 atom stereocenters. The second-order valence-corrected chi connectivity index (χ2v) is 10.5. The number of amides is 2. The van der Waals surface area contributed by atoms with Crippen LogP contribution in [0.25, 0.3) is 0 Å². The number of hydrogen-bond acceptors (Lipinski definition) is 6. The Balaban J connectivity index is 1.85. The fourth-order valence-corrected chi connectivity index (χ4v) is 4.97. The summed E-state index contributed by atoms with van der Waals surface area (Å²) in [5.41, 5.74) is 2.36. The normalized spacial score (nSPS) is 14.2. The number of benzene rings is 3. The van der Waals surface area contributed by atoms with Gasteiger partial charge in [-0.25, -0.2) is 0 Å². The molecule has 0 radical (unpaired) electrons. The molecule has 0 fully saturated rings. The summed E-state index contributed by atoms with van der Waals surface area (Å²) in [6.45, 7) is 7.21. The van der Waals surface area contributed by atoms with Crippen molar-refractivity contribution >= 4 is 17.8 Å². The Morgan fingerprint density at radius 2 is 1.34 bits per heavy atom. The lowest BCUT2D eigenvalue weighted by Crippen LogP contribution is -2.50. The third kappa shape index (κ3) is 10.0. The molecule has 3 rings (SSSR count). The van der Waals surface area contributed by atoms with Crippen molar-refractivity contribution in [1.29, 1.82) is 0 Å². The summed E-state index contributed by atoms with van der Waals surface area (Å²) in [7, 11) is 1.48. The minimum Gasteiger partial charge on any atom is -0.455 e. The number of aliphatic hydroxyl groups is 1. The first kappa shape index (κ1) is 34.0. The predicted octanol–water partition coefficient (Wildman–Crippen LogP) is 4.88. The fraction of sp³-hybridized carbons (Fsp3) is 0.306. The summed E-state index contributed by atoms with van der Waals surface area (Å²) in [5, 5.41) is 15.6. The van der Waals surface area contributed by atoms with Gasteiger partial charge in [0.05, 0.1) is 31.2 Å². The third-order valence-corrected chi connectivity index (χ3v) is 7.26. The van der Waals surface area contributed by atoms with Gasteiger partial charge in [-0.05, 0) is 36.0 Å². The van der Waals surface area contributed by atoms with E-state index in [1.165, 1.54) is 13.2 Å². The molecule has 44 heavy (non-hydrogen) atoms. The van der Waals surface area contributed by atoms with Gasteiger partial charge in [0, 0.05) is 7.11 Å². The molecular formula is C36H42N2O6. The Labute approximate surface area is 259 Å². The van der Waals surface area contributed by atoms with Crippen molar-refractivity contribution in [2.24, 2.45) is 11.8 Å². The Kier molecular flexibility index (Phi) is 14.1. The minimum absolute atomic E-state index is 0.00903. The van der Waals surface area contributed by atoms with E-state index in [1.807, 2.05) is 66.7 Å². The maximum atomic E-state index is 13.7. The molecule has 8 nitrogen and oxygen atoms in total. The van der Waals surface area contributed by atoms with Crippen molar-refractivity contribution < 1.29 is 29.0 Å². The molecule has 2 amide bonds. The minimum atomic E-state index is -1.15. The summed E-state index contributed by atoms with van der Waals surface area (Å²) >= 11 is 0. The lowest BCUT2D eigenvalue weighted by Gasteiger charge is -2.30. The topological polar surface area (TPSA) is 114 Å². The predicted molar refractivity (Wildman–Crippen MR) is 170 cm³/mol. The number of allylic oxidation sites excluding steroid dienone is 2. The summed E-state index contributed by atoms with van der Waals surface area (Å²) < 4.78 is 11.6. The number of carbonyl (C=O) groups excluding carboxylic acids is 3. The van der Waals surface area contributed by atoms with Crippen LogP contribution in [0.3, 0.4) is 0 Å². The number of nitrogens with one attached hydrogen (secondary N) is 2. The zero-order chi connectivity index (χ0) is 31.7. The van der Waals surface area contributed by atoms with Gasteiger partial charge in [-0.3, -0.25) is 14.4 Å². The van der Waals surface area contributed by atoms with Crippen molar-refractivity contribution in [1.82, 2.24) is 10.6 Å². The monoisotopic (exact) mass is 598 g/mol. The van der Waals surface area contributed by atoms with Crippen LogP contribution in [0.2, 0.25) is 0 Å². The summed E-state index contributed by atoms with van der Waals surface area (Å²) in [5.74, 6) is -3.23. The Hall–Kier alpha value is -4.53. The number of rotatable bonds is 18. The van der Waals surface area contributed by atoms with Crippen LogP contribution in [0, 0.1) is 11.8 Å². The molecule has 0 aliphatic rings. The first-order valence-electron chi connectivity index (χ1n) is 14.7. The average molecular weight is 599 g/mol. The highest BCUT2D eigenvalue weighted by molar-refractivity contribution is 6.00. The van der Waals surface area contributed by atoms with Gasteiger partial charge in [-0.15, -0.1) is 13.2 Å². The molecule has 3 aromatic carbocycles. The van der Waals surface area contributed by atoms with E-state index in [2.05, 4.69) is 23.8 Å². The molecule has 0 saturated heterocycles. The molecule has 232 valence electrons. The number of methoxy groups -OCH3 is 1. The van der Waals surface area contributed by atoms with Crippen LogP contribution >= 0.6 is 0 Å². The molecule has 0 saturated carbocycles. The lowest BCUT2D eigenvalue weighted by molar-refractivity contribution is -0.158. The van der Waals surface area contributed by atoms with E-state index in [4.69, 9.17) is 9.47 Å². The quantitative estimate of drug-likeness (QED) is 0.109. The largest absolute Gasteiger partial charge is 0.455 e. The highest BCUT2D eigenvalue weighted by Gasteiger charge is 2.35. The van der Waals surface area contributed by atoms with Gasteiger partial charge in [0.25, 0.3) is 0 Å². The van der Waals surface area contributed by atoms with E-state index >= 15 is 0 Å². The fourth-order valence-electron chi connectivity index (χ4n) is 4.97. The molecule has 1 unspecified atom stereocenters. The zero-order valence-electron chi connectivity index (χ0n) is 25.1. The van der Waals surface area contributed by atoms with E-state index in [0.717, 1.165) is 5.56 Å². The lowest BCUT2D eigenvalue weighted by atomic mass is 9.95. The Morgan fingerprint density at radius 3 is 1.89 bits per heavy atom. The molecule has 0 aromatic heterocycles. The molecule has 8 heteroatoms. The van der Waals surface area contributed by atoms with Crippen LogP contribution < -0.4 is 10.6 Å². The number of carbonyl (C=O) groups is 3. The van der Waals surface area contributed by atoms with Crippen LogP contribution in [-0.2, 0) is 30.3 Å². The number of ether oxygens (including phenoxy) is 2. The highest BCUT2D eigenvalue weighted by Crippen LogP contribution is 2.26. The van der Waals surface area contributed by atoms with Gasteiger partial charge in [0.1, 0.15) is 12.0 Å². The van der Waals surface area contributed by atoms with Gasteiger partial charge in [-0.1, -0.05) is 103 Å². The zero-order valence-corrected chi connectivity index (χ0v) is 25.1. The summed E-state index contributed by atoms with van der Waals surface area (Å²) in [6, 6.07) is 26.3. The molecule has 0 aliphatic heterocycles. The van der Waals surface area contributed by atoms with E-state index in [-0.39, 0.29) is 19.6 Å². The molecule has 0 aliphatic carbocycles. The maximum Gasteiger partial charge on any atom is 0.310 e.